The van der Waals surface area contributed by atoms with E-state index in [1.165, 1.54) is 6.08 Å². The number of nitrogens with one attached hydrogen (secondary N) is 1. The molecule has 0 saturated carbocycles. The van der Waals surface area contributed by atoms with Crippen LogP contribution in [0, 0.1) is 0 Å². The molecule has 0 aliphatic heterocycles. The van der Waals surface area contributed by atoms with Crippen LogP contribution in [0.2, 0.25) is 0 Å². The second kappa shape index (κ2) is 5.17. The Morgan fingerprint density at radius 3 is 2.93 bits per heavy atom. The number of rotatable bonds is 4. The molecule has 80 valence electrons. The molecule has 0 spiro atoms. The summed E-state index contributed by atoms with van der Waals surface area (Å²) in [5.74, 6) is -0.392. The van der Waals surface area contributed by atoms with Gasteiger partial charge in [0.05, 0.1) is 17.9 Å². The highest BCUT2D eigenvalue weighted by molar-refractivity contribution is 5.94. The van der Waals surface area contributed by atoms with Crippen molar-refractivity contribution in [2.75, 3.05) is 12.1 Å². The molecule has 0 aliphatic rings. The summed E-state index contributed by atoms with van der Waals surface area (Å²) in [7, 11) is 0. The Labute approximate surface area is 88.1 Å². The zero-order valence-electron chi connectivity index (χ0n) is 8.49. The average Bonchev–Trinajstić information content (AvgIpc) is 2.28. The molecule has 15 heavy (non-hydrogen) atoms. The molecular weight excluding hydrogens is 194 g/mol. The molecule has 0 unspecified atom stereocenters. The van der Waals surface area contributed by atoms with Crippen molar-refractivity contribution in [2.45, 2.75) is 6.92 Å². The van der Waals surface area contributed by atoms with E-state index in [1.54, 1.807) is 25.1 Å². The third kappa shape index (κ3) is 2.57. The lowest BCUT2D eigenvalue weighted by molar-refractivity contribution is 0.0526. The third-order valence-corrected chi connectivity index (χ3v) is 1.90. The average molecular weight is 207 g/mol. The van der Waals surface area contributed by atoms with Gasteiger partial charge in [0.15, 0.2) is 0 Å². The van der Waals surface area contributed by atoms with Gasteiger partial charge < -0.3 is 4.74 Å². The van der Waals surface area contributed by atoms with E-state index in [4.69, 9.17) is 9.94 Å². The lowest BCUT2D eigenvalue weighted by Crippen LogP contribution is -2.07. The van der Waals surface area contributed by atoms with Gasteiger partial charge in [-0.1, -0.05) is 12.7 Å². The van der Waals surface area contributed by atoms with Gasteiger partial charge in [0.1, 0.15) is 0 Å². The number of carbonyl (C=O) groups excluding carboxylic acids is 1. The normalized spacial score (nSPS) is 9.47. The van der Waals surface area contributed by atoms with E-state index in [9.17, 15) is 4.79 Å². The van der Waals surface area contributed by atoms with Gasteiger partial charge in [0.2, 0.25) is 0 Å². The first kappa shape index (κ1) is 11.3. The van der Waals surface area contributed by atoms with E-state index >= 15 is 0 Å². The fraction of sp³-hybridized carbons (Fsp3) is 0.182. The molecule has 0 bridgehead atoms. The van der Waals surface area contributed by atoms with Crippen molar-refractivity contribution in [1.82, 2.24) is 0 Å². The van der Waals surface area contributed by atoms with Gasteiger partial charge in [-0.2, -0.15) is 0 Å². The number of carbonyl (C=O) groups is 1. The van der Waals surface area contributed by atoms with Crippen LogP contribution in [0.1, 0.15) is 22.8 Å². The Kier molecular flexibility index (Phi) is 3.88. The number of anilines is 1. The van der Waals surface area contributed by atoms with E-state index in [-0.39, 0.29) is 0 Å². The largest absolute Gasteiger partial charge is 0.462 e. The summed E-state index contributed by atoms with van der Waals surface area (Å²) < 4.78 is 4.87. The van der Waals surface area contributed by atoms with Crippen LogP contribution in [0.3, 0.4) is 0 Å². The van der Waals surface area contributed by atoms with E-state index in [0.29, 0.717) is 23.4 Å². The Morgan fingerprint density at radius 2 is 2.40 bits per heavy atom. The van der Waals surface area contributed by atoms with Gasteiger partial charge in [0, 0.05) is 0 Å². The maximum atomic E-state index is 11.5. The van der Waals surface area contributed by atoms with Crippen molar-refractivity contribution in [1.29, 1.82) is 0 Å². The van der Waals surface area contributed by atoms with Crippen LogP contribution in [0.25, 0.3) is 6.08 Å². The van der Waals surface area contributed by atoms with Crippen LogP contribution < -0.4 is 5.48 Å². The van der Waals surface area contributed by atoms with Crippen molar-refractivity contribution < 1.29 is 14.7 Å². The van der Waals surface area contributed by atoms with E-state index in [2.05, 4.69) is 6.58 Å². The molecule has 0 saturated heterocycles. The minimum atomic E-state index is -0.392. The van der Waals surface area contributed by atoms with Gasteiger partial charge in [-0.25, -0.2) is 4.79 Å². The molecule has 0 aromatic heterocycles. The smallest absolute Gasteiger partial charge is 0.338 e. The Morgan fingerprint density at radius 1 is 1.67 bits per heavy atom. The van der Waals surface area contributed by atoms with E-state index < -0.39 is 5.97 Å². The van der Waals surface area contributed by atoms with Gasteiger partial charge in [-0.15, -0.1) is 0 Å². The number of ether oxygens (including phenoxy) is 1. The molecule has 4 nitrogen and oxygen atoms in total. The lowest BCUT2D eigenvalue weighted by atomic mass is 10.1. The molecule has 0 fully saturated rings. The van der Waals surface area contributed by atoms with Gasteiger partial charge in [-0.3, -0.25) is 10.7 Å². The van der Waals surface area contributed by atoms with Crippen molar-refractivity contribution in [2.24, 2.45) is 0 Å². The molecule has 0 amide bonds. The van der Waals surface area contributed by atoms with Crippen LogP contribution in [-0.4, -0.2) is 17.8 Å². The number of esters is 1. The summed E-state index contributed by atoms with van der Waals surface area (Å²) in [6.45, 7) is 5.67. The number of hydrogen-bond acceptors (Lipinski definition) is 4. The standard InChI is InChI=1S/C11H13NO3/c1-3-8-7-9(12-14)5-6-10(8)11(13)15-4-2/h3,5-7,12,14H,1,4H2,2H3. The summed E-state index contributed by atoms with van der Waals surface area (Å²) in [4.78, 5) is 11.5. The molecule has 2 N–H and O–H groups in total. The van der Waals surface area contributed by atoms with Crippen LogP contribution in [0.4, 0.5) is 5.69 Å². The fourth-order valence-corrected chi connectivity index (χ4v) is 1.20. The molecule has 1 rings (SSSR count). The van der Waals surface area contributed by atoms with Crippen LogP contribution in [0.5, 0.6) is 0 Å². The molecule has 1 aromatic carbocycles. The monoisotopic (exact) mass is 207 g/mol. The van der Waals surface area contributed by atoms with Crippen molar-refractivity contribution >= 4 is 17.7 Å². The summed E-state index contributed by atoms with van der Waals surface area (Å²) in [5.41, 5.74) is 3.55. The maximum absolute atomic E-state index is 11.5. The summed E-state index contributed by atoms with van der Waals surface area (Å²) in [6.07, 6.45) is 1.53. The Bertz CT molecular complexity index is 374. The summed E-state index contributed by atoms with van der Waals surface area (Å²) >= 11 is 0. The molecule has 0 heterocycles. The Balaban J connectivity index is 3.07. The first-order valence-corrected chi connectivity index (χ1v) is 4.56. The van der Waals surface area contributed by atoms with Crippen molar-refractivity contribution in [3.8, 4) is 0 Å². The molecule has 1 aromatic rings. The van der Waals surface area contributed by atoms with E-state index in [1.807, 2.05) is 5.48 Å². The zero-order valence-corrected chi connectivity index (χ0v) is 8.49. The molecule has 0 radical (unpaired) electrons. The topological polar surface area (TPSA) is 58.6 Å². The molecule has 0 atom stereocenters. The van der Waals surface area contributed by atoms with E-state index in [0.717, 1.165) is 0 Å². The van der Waals surface area contributed by atoms with Gasteiger partial charge >= 0.3 is 5.97 Å². The minimum absolute atomic E-state index is 0.329. The highest BCUT2D eigenvalue weighted by Gasteiger charge is 2.10. The predicted molar refractivity (Wildman–Crippen MR) is 57.9 cm³/mol. The van der Waals surface area contributed by atoms with Crippen molar-refractivity contribution in [3.05, 3.63) is 35.9 Å². The fourth-order valence-electron chi connectivity index (χ4n) is 1.20. The molecule has 4 heteroatoms. The zero-order chi connectivity index (χ0) is 11.3. The highest BCUT2D eigenvalue weighted by atomic mass is 16.5. The third-order valence-electron chi connectivity index (χ3n) is 1.90. The Hall–Kier alpha value is -1.81. The predicted octanol–water partition coefficient (Wildman–Crippen LogP) is 2.31. The van der Waals surface area contributed by atoms with Crippen LogP contribution in [-0.2, 0) is 4.74 Å². The van der Waals surface area contributed by atoms with Crippen LogP contribution in [0.15, 0.2) is 24.8 Å². The second-order valence-electron chi connectivity index (χ2n) is 2.84. The quantitative estimate of drug-likeness (QED) is 0.587. The number of hydrogen-bond donors (Lipinski definition) is 2. The number of benzene rings is 1. The lowest BCUT2D eigenvalue weighted by Gasteiger charge is -2.07. The van der Waals surface area contributed by atoms with Gasteiger partial charge in [-0.05, 0) is 30.7 Å². The molecular formula is C11H13NO3. The minimum Gasteiger partial charge on any atom is -0.462 e. The summed E-state index contributed by atoms with van der Waals surface area (Å²) in [6, 6.07) is 4.77. The van der Waals surface area contributed by atoms with Crippen molar-refractivity contribution in [3.63, 3.8) is 0 Å². The van der Waals surface area contributed by atoms with Gasteiger partial charge in [0.25, 0.3) is 0 Å². The summed E-state index contributed by atoms with van der Waals surface area (Å²) in [5, 5.41) is 8.69. The molecule has 0 aliphatic carbocycles. The van der Waals surface area contributed by atoms with Crippen LogP contribution >= 0.6 is 0 Å². The SMILES string of the molecule is C=Cc1cc(NO)ccc1C(=O)OCC. The maximum Gasteiger partial charge on any atom is 0.338 e. The first-order chi connectivity index (χ1) is 7.22. The first-order valence-electron chi connectivity index (χ1n) is 4.56. The second-order valence-corrected chi connectivity index (χ2v) is 2.84. The highest BCUT2D eigenvalue weighted by Crippen LogP contribution is 2.17.